The minimum absolute atomic E-state index is 0.279. The van der Waals surface area contributed by atoms with E-state index in [0.29, 0.717) is 0 Å². The first-order valence-corrected chi connectivity index (χ1v) is 4.95. The minimum Gasteiger partial charge on any atom is -0.212 e. The summed E-state index contributed by atoms with van der Waals surface area (Å²) in [6.45, 7) is 0.279. The van der Waals surface area contributed by atoms with Crippen LogP contribution in [0.1, 0.15) is 0 Å². The molecule has 0 aliphatic rings. The van der Waals surface area contributed by atoms with Crippen molar-refractivity contribution in [2.75, 3.05) is 0 Å². The molecular weight excluding hydrogens is 195 g/mol. The second-order valence-electron chi connectivity index (χ2n) is 2.67. The standard InChI is InChI=1S/C9H7N4P/c10-6-7-13-12-11-9(14-13)8-4-2-1-3-5-8/h1-5H,7H2. The topological polar surface area (TPSA) is 54.5 Å². The molecule has 0 spiro atoms. The lowest BCUT2D eigenvalue weighted by atomic mass is 10.2. The third kappa shape index (κ3) is 1.78. The summed E-state index contributed by atoms with van der Waals surface area (Å²) in [7, 11) is 0.876. The highest BCUT2D eigenvalue weighted by atomic mass is 31.0. The van der Waals surface area contributed by atoms with Crippen LogP contribution in [0.4, 0.5) is 0 Å². The van der Waals surface area contributed by atoms with Crippen LogP contribution in [0.3, 0.4) is 0 Å². The Bertz CT molecular complexity index is 457. The van der Waals surface area contributed by atoms with Gasteiger partial charge in [0.05, 0.1) is 14.4 Å². The molecule has 0 fully saturated rings. The van der Waals surface area contributed by atoms with Crippen molar-refractivity contribution in [2.45, 2.75) is 6.54 Å². The van der Waals surface area contributed by atoms with Crippen LogP contribution >= 0.6 is 8.35 Å². The van der Waals surface area contributed by atoms with Crippen LogP contribution in [0.15, 0.2) is 30.3 Å². The Morgan fingerprint density at radius 2 is 2.14 bits per heavy atom. The van der Waals surface area contributed by atoms with Gasteiger partial charge < -0.3 is 0 Å². The van der Waals surface area contributed by atoms with E-state index in [0.717, 1.165) is 19.3 Å². The Hall–Kier alpha value is -1.72. The largest absolute Gasteiger partial charge is 0.212 e. The van der Waals surface area contributed by atoms with Crippen LogP contribution in [0, 0.1) is 11.3 Å². The summed E-state index contributed by atoms with van der Waals surface area (Å²) in [5.41, 5.74) is 1.94. The van der Waals surface area contributed by atoms with Crippen molar-refractivity contribution in [1.82, 2.24) is 14.8 Å². The van der Waals surface area contributed by atoms with E-state index in [2.05, 4.69) is 10.3 Å². The van der Waals surface area contributed by atoms with Gasteiger partial charge in [-0.15, -0.1) is 5.10 Å². The molecule has 1 aromatic heterocycles. The lowest BCUT2D eigenvalue weighted by Crippen LogP contribution is -1.91. The normalized spacial score (nSPS) is 10.2. The van der Waals surface area contributed by atoms with Crippen molar-refractivity contribution < 1.29 is 0 Å². The molecule has 0 amide bonds. The number of nitrogens with zero attached hydrogens (tertiary/aromatic N) is 4. The molecule has 1 aromatic carbocycles. The Kier molecular flexibility index (Phi) is 2.53. The van der Waals surface area contributed by atoms with Crippen LogP contribution in [0.25, 0.3) is 11.0 Å². The first-order chi connectivity index (χ1) is 6.90. The quantitative estimate of drug-likeness (QED) is 0.748. The van der Waals surface area contributed by atoms with Crippen molar-refractivity contribution in [2.24, 2.45) is 0 Å². The molecule has 0 saturated carbocycles. The number of nitriles is 1. The van der Waals surface area contributed by atoms with Crippen molar-refractivity contribution in [3.05, 3.63) is 30.3 Å². The maximum Gasteiger partial charge on any atom is 0.140 e. The van der Waals surface area contributed by atoms with Crippen molar-refractivity contribution >= 4 is 8.35 Å². The molecule has 0 unspecified atom stereocenters. The second kappa shape index (κ2) is 3.99. The SMILES string of the molecule is N#CCn1nnc(-c2ccccc2)p1. The van der Waals surface area contributed by atoms with Crippen molar-refractivity contribution in [1.29, 1.82) is 5.26 Å². The average Bonchev–Trinajstić information content (AvgIpc) is 2.68. The molecule has 68 valence electrons. The Morgan fingerprint density at radius 3 is 2.86 bits per heavy atom. The highest BCUT2D eigenvalue weighted by molar-refractivity contribution is 7.29. The predicted molar refractivity (Wildman–Crippen MR) is 53.6 cm³/mol. The number of rotatable bonds is 2. The monoisotopic (exact) mass is 202 g/mol. The van der Waals surface area contributed by atoms with E-state index in [1.165, 1.54) is 0 Å². The van der Waals surface area contributed by atoms with Gasteiger partial charge in [0.2, 0.25) is 0 Å². The third-order valence-electron chi connectivity index (χ3n) is 1.70. The zero-order valence-electron chi connectivity index (χ0n) is 7.33. The van der Waals surface area contributed by atoms with Gasteiger partial charge in [-0.2, -0.15) is 5.26 Å². The van der Waals surface area contributed by atoms with Crippen molar-refractivity contribution in [3.8, 4) is 17.1 Å². The van der Waals surface area contributed by atoms with Gasteiger partial charge in [0.15, 0.2) is 0 Å². The highest BCUT2D eigenvalue weighted by Crippen LogP contribution is 2.23. The number of aromatic nitrogens is 3. The van der Waals surface area contributed by atoms with Crippen LogP contribution in [-0.4, -0.2) is 14.8 Å². The molecule has 5 heteroatoms. The number of benzene rings is 1. The van der Waals surface area contributed by atoms with E-state index in [1.807, 2.05) is 36.4 Å². The third-order valence-corrected chi connectivity index (χ3v) is 2.69. The maximum absolute atomic E-state index is 8.48. The summed E-state index contributed by atoms with van der Waals surface area (Å²) >= 11 is 0. The Labute approximate surface area is 83.0 Å². The number of hydrogen-bond acceptors (Lipinski definition) is 3. The van der Waals surface area contributed by atoms with Crippen LogP contribution in [0.5, 0.6) is 0 Å². The fourth-order valence-corrected chi connectivity index (χ4v) is 1.85. The van der Waals surface area contributed by atoms with Crippen LogP contribution < -0.4 is 0 Å². The van der Waals surface area contributed by atoms with Gasteiger partial charge in [0.1, 0.15) is 12.0 Å². The van der Waals surface area contributed by atoms with E-state index in [4.69, 9.17) is 5.26 Å². The molecule has 4 nitrogen and oxygen atoms in total. The molecule has 2 rings (SSSR count). The zero-order valence-corrected chi connectivity index (χ0v) is 8.22. The van der Waals surface area contributed by atoms with Crippen LogP contribution in [-0.2, 0) is 6.54 Å². The molecule has 0 atom stereocenters. The Morgan fingerprint density at radius 1 is 1.36 bits per heavy atom. The molecule has 0 N–H and O–H groups in total. The summed E-state index contributed by atoms with van der Waals surface area (Å²) in [5, 5.41) is 16.4. The van der Waals surface area contributed by atoms with E-state index in [-0.39, 0.29) is 6.54 Å². The molecule has 0 aliphatic heterocycles. The van der Waals surface area contributed by atoms with E-state index in [9.17, 15) is 0 Å². The molecule has 1 heterocycles. The molecule has 0 saturated heterocycles. The first-order valence-electron chi connectivity index (χ1n) is 4.10. The second-order valence-corrected chi connectivity index (χ2v) is 3.75. The fourth-order valence-electron chi connectivity index (χ4n) is 1.08. The number of hydrogen-bond donors (Lipinski definition) is 0. The fraction of sp³-hybridized carbons (Fsp3) is 0.111. The minimum atomic E-state index is 0.279. The molecule has 0 aliphatic carbocycles. The lowest BCUT2D eigenvalue weighted by Gasteiger charge is -1.91. The molecule has 0 bridgehead atoms. The van der Waals surface area contributed by atoms with Gasteiger partial charge >= 0.3 is 0 Å². The molecular formula is C9H7N4P. The Balaban J connectivity index is 2.31. The average molecular weight is 202 g/mol. The predicted octanol–water partition coefficient (Wildman–Crippen LogP) is 2.05. The summed E-state index contributed by atoms with van der Waals surface area (Å²) in [6, 6.07) is 11.9. The van der Waals surface area contributed by atoms with E-state index in [1.54, 1.807) is 4.44 Å². The van der Waals surface area contributed by atoms with E-state index < -0.39 is 0 Å². The highest BCUT2D eigenvalue weighted by Gasteiger charge is 2.02. The maximum atomic E-state index is 8.48. The molecule has 2 aromatic rings. The summed E-state index contributed by atoms with van der Waals surface area (Å²) in [5.74, 6) is 0. The first kappa shape index (κ1) is 8.86. The van der Waals surface area contributed by atoms with Crippen LogP contribution in [0.2, 0.25) is 0 Å². The van der Waals surface area contributed by atoms with Gasteiger partial charge in [0, 0.05) is 5.56 Å². The van der Waals surface area contributed by atoms with Crippen molar-refractivity contribution in [3.63, 3.8) is 0 Å². The van der Waals surface area contributed by atoms with Gasteiger partial charge in [0.25, 0.3) is 0 Å². The molecule has 0 radical (unpaired) electrons. The van der Waals surface area contributed by atoms with E-state index >= 15 is 0 Å². The van der Waals surface area contributed by atoms with Gasteiger partial charge in [-0.3, -0.25) is 0 Å². The molecule has 14 heavy (non-hydrogen) atoms. The van der Waals surface area contributed by atoms with Gasteiger partial charge in [-0.25, -0.2) is 4.44 Å². The summed E-state index contributed by atoms with van der Waals surface area (Å²) in [4.78, 5) is 0. The van der Waals surface area contributed by atoms with Gasteiger partial charge in [-0.1, -0.05) is 35.5 Å². The van der Waals surface area contributed by atoms with Gasteiger partial charge in [-0.05, 0) is 0 Å². The smallest absolute Gasteiger partial charge is 0.140 e. The zero-order chi connectivity index (χ0) is 9.80. The summed E-state index contributed by atoms with van der Waals surface area (Å²) in [6.07, 6.45) is 0. The summed E-state index contributed by atoms with van der Waals surface area (Å²) < 4.78 is 1.61. The lowest BCUT2D eigenvalue weighted by molar-refractivity contribution is 0.718.